The average molecular weight is 283 g/mol. The summed E-state index contributed by atoms with van der Waals surface area (Å²) in [6.45, 7) is 0. The van der Waals surface area contributed by atoms with E-state index >= 15 is 0 Å². The summed E-state index contributed by atoms with van der Waals surface area (Å²) in [5.74, 6) is -6.92. The smallest absolute Gasteiger partial charge is 0.316 e. The van der Waals surface area contributed by atoms with Crippen LogP contribution in [-0.4, -0.2) is 28.1 Å². The summed E-state index contributed by atoms with van der Waals surface area (Å²) in [5.41, 5.74) is 0.0502. The van der Waals surface area contributed by atoms with E-state index in [1.807, 2.05) is 0 Å². The molecule has 0 saturated heterocycles. The third kappa shape index (κ3) is 1.73. The molecular weight excluding hydrogens is 272 g/mol. The molecule has 1 amide bonds. The number of carboxylic acid groups (broad SMARTS) is 1. The Morgan fingerprint density at radius 1 is 1.35 bits per heavy atom. The second-order valence-electron chi connectivity index (χ2n) is 5.06. The number of aliphatic carboxylic acids is 1. The molecule has 2 N–H and O–H groups in total. The fraction of sp³-hybridized carbons (Fsp3) is 0.385. The quantitative estimate of drug-likeness (QED) is 0.805. The molecule has 0 bridgehead atoms. The summed E-state index contributed by atoms with van der Waals surface area (Å²) < 4.78 is 26.8. The fourth-order valence-electron chi connectivity index (χ4n) is 2.55. The lowest BCUT2D eigenvalue weighted by atomic mass is 9.90. The highest BCUT2D eigenvalue weighted by molar-refractivity contribution is 6.09. The monoisotopic (exact) mass is 283 g/mol. The van der Waals surface area contributed by atoms with Crippen LogP contribution in [0.15, 0.2) is 6.07 Å². The van der Waals surface area contributed by atoms with Gasteiger partial charge in [-0.15, -0.1) is 0 Å². The van der Waals surface area contributed by atoms with Crippen molar-refractivity contribution in [2.75, 3.05) is 4.90 Å². The number of phenols is 1. The minimum atomic E-state index is -1.42. The number of carboxylic acids is 1. The van der Waals surface area contributed by atoms with Crippen LogP contribution < -0.4 is 4.90 Å². The molecule has 1 fully saturated rings. The van der Waals surface area contributed by atoms with Crippen molar-refractivity contribution in [2.24, 2.45) is 5.92 Å². The van der Waals surface area contributed by atoms with Gasteiger partial charge in [0.2, 0.25) is 11.7 Å². The number of amides is 1. The SMILES string of the molecule is O=C(O)C1Cc2cc(F)c(F)c(O)c2N(C2CC2)C1=O. The first-order chi connectivity index (χ1) is 9.41. The summed E-state index contributed by atoms with van der Waals surface area (Å²) in [5, 5.41) is 18.8. The lowest BCUT2D eigenvalue weighted by molar-refractivity contribution is -0.146. The van der Waals surface area contributed by atoms with Gasteiger partial charge in [-0.05, 0) is 30.9 Å². The highest BCUT2D eigenvalue weighted by Crippen LogP contribution is 2.45. The number of aromatic hydroxyl groups is 1. The highest BCUT2D eigenvalue weighted by Gasteiger charge is 2.46. The van der Waals surface area contributed by atoms with Crippen molar-refractivity contribution >= 4 is 17.6 Å². The van der Waals surface area contributed by atoms with Gasteiger partial charge < -0.3 is 15.1 Å². The van der Waals surface area contributed by atoms with E-state index in [1.165, 1.54) is 0 Å². The summed E-state index contributed by atoms with van der Waals surface area (Å²) in [7, 11) is 0. The van der Waals surface area contributed by atoms with Crippen LogP contribution >= 0.6 is 0 Å². The molecule has 1 unspecified atom stereocenters. The van der Waals surface area contributed by atoms with Crippen LogP contribution in [0.25, 0.3) is 0 Å². The Morgan fingerprint density at radius 2 is 2.00 bits per heavy atom. The minimum absolute atomic E-state index is 0.0890. The van der Waals surface area contributed by atoms with Crippen molar-refractivity contribution in [1.29, 1.82) is 0 Å². The Morgan fingerprint density at radius 3 is 2.55 bits per heavy atom. The van der Waals surface area contributed by atoms with E-state index < -0.39 is 35.2 Å². The zero-order valence-electron chi connectivity index (χ0n) is 10.3. The molecule has 3 rings (SSSR count). The molecule has 1 aromatic carbocycles. The number of phenolic OH excluding ortho intramolecular Hbond substituents is 1. The summed E-state index contributed by atoms with van der Waals surface area (Å²) in [6.07, 6.45) is 1.05. The van der Waals surface area contributed by atoms with Crippen LogP contribution in [0.4, 0.5) is 14.5 Å². The number of nitrogens with zero attached hydrogens (tertiary/aromatic N) is 1. The standard InChI is InChI=1S/C13H11F2NO4/c14-8-4-5-3-7(13(19)20)12(18)16(6-1-2-6)10(5)11(17)9(8)15/h4,6-7,17H,1-3H2,(H,19,20). The number of hydrogen-bond donors (Lipinski definition) is 2. The lowest BCUT2D eigenvalue weighted by Gasteiger charge is -2.33. The van der Waals surface area contributed by atoms with E-state index in [4.69, 9.17) is 5.11 Å². The average Bonchev–Trinajstić information content (AvgIpc) is 3.20. The topological polar surface area (TPSA) is 77.8 Å². The Hall–Kier alpha value is -2.18. The molecule has 106 valence electrons. The van der Waals surface area contributed by atoms with Crippen LogP contribution in [0.5, 0.6) is 5.75 Å². The zero-order valence-corrected chi connectivity index (χ0v) is 10.3. The van der Waals surface area contributed by atoms with E-state index in [2.05, 4.69) is 0 Å². The lowest BCUT2D eigenvalue weighted by Crippen LogP contribution is -2.46. The maximum absolute atomic E-state index is 13.5. The Kier molecular flexibility index (Phi) is 2.67. The van der Waals surface area contributed by atoms with E-state index in [0.717, 1.165) is 11.0 Å². The first-order valence-corrected chi connectivity index (χ1v) is 6.17. The Balaban J connectivity index is 2.19. The van der Waals surface area contributed by atoms with Gasteiger partial charge in [0.15, 0.2) is 11.6 Å². The number of carbonyl (C=O) groups excluding carboxylic acids is 1. The number of fused-ring (bicyclic) bond motifs is 1. The van der Waals surface area contributed by atoms with Crippen molar-refractivity contribution in [3.63, 3.8) is 0 Å². The van der Waals surface area contributed by atoms with Gasteiger partial charge in [-0.1, -0.05) is 0 Å². The molecule has 1 aliphatic carbocycles. The molecule has 20 heavy (non-hydrogen) atoms. The van der Waals surface area contributed by atoms with Gasteiger partial charge in [-0.25, -0.2) is 4.39 Å². The van der Waals surface area contributed by atoms with Crippen LogP contribution in [0.2, 0.25) is 0 Å². The van der Waals surface area contributed by atoms with Crippen molar-refractivity contribution in [3.05, 3.63) is 23.3 Å². The number of anilines is 1. The molecule has 5 nitrogen and oxygen atoms in total. The first-order valence-electron chi connectivity index (χ1n) is 6.17. The number of benzene rings is 1. The number of halogens is 2. The van der Waals surface area contributed by atoms with Gasteiger partial charge in [-0.3, -0.25) is 9.59 Å². The van der Waals surface area contributed by atoms with E-state index in [1.54, 1.807) is 0 Å². The number of rotatable bonds is 2. The zero-order chi connectivity index (χ0) is 14.6. The molecule has 2 aliphatic rings. The third-order valence-electron chi connectivity index (χ3n) is 3.66. The molecule has 1 aliphatic heterocycles. The summed E-state index contributed by atoms with van der Waals surface area (Å²) in [4.78, 5) is 24.4. The number of hydrogen-bond acceptors (Lipinski definition) is 3. The molecule has 1 aromatic rings. The molecular formula is C13H11F2NO4. The normalized spacial score (nSPS) is 21.8. The minimum Gasteiger partial charge on any atom is -0.503 e. The molecule has 1 saturated carbocycles. The maximum Gasteiger partial charge on any atom is 0.316 e. The van der Waals surface area contributed by atoms with E-state index in [0.29, 0.717) is 12.8 Å². The van der Waals surface area contributed by atoms with Gasteiger partial charge in [-0.2, -0.15) is 4.39 Å². The van der Waals surface area contributed by atoms with Gasteiger partial charge in [0.25, 0.3) is 0 Å². The van der Waals surface area contributed by atoms with Gasteiger partial charge in [0, 0.05) is 6.04 Å². The molecule has 0 radical (unpaired) electrons. The van der Waals surface area contributed by atoms with Crippen LogP contribution in [0.1, 0.15) is 18.4 Å². The Bertz CT molecular complexity index is 627. The predicted octanol–water partition coefficient (Wildman–Crippen LogP) is 1.42. The summed E-state index contributed by atoms with van der Waals surface area (Å²) >= 11 is 0. The van der Waals surface area contributed by atoms with Gasteiger partial charge in [0.1, 0.15) is 5.92 Å². The molecule has 0 spiro atoms. The highest BCUT2D eigenvalue weighted by atomic mass is 19.2. The van der Waals surface area contributed by atoms with Crippen LogP contribution in [0.3, 0.4) is 0 Å². The largest absolute Gasteiger partial charge is 0.503 e. The predicted molar refractivity (Wildman–Crippen MR) is 63.4 cm³/mol. The van der Waals surface area contributed by atoms with Gasteiger partial charge >= 0.3 is 5.97 Å². The van der Waals surface area contributed by atoms with Crippen LogP contribution in [0, 0.1) is 17.6 Å². The Labute approximate surface area is 112 Å². The number of carbonyl (C=O) groups is 2. The third-order valence-corrected chi connectivity index (χ3v) is 3.66. The molecule has 0 aromatic heterocycles. The van der Waals surface area contributed by atoms with E-state index in [-0.39, 0.29) is 23.7 Å². The molecule has 1 atom stereocenters. The second-order valence-corrected chi connectivity index (χ2v) is 5.06. The van der Waals surface area contributed by atoms with Crippen molar-refractivity contribution in [2.45, 2.75) is 25.3 Å². The van der Waals surface area contributed by atoms with Crippen molar-refractivity contribution in [1.82, 2.24) is 0 Å². The summed E-state index contributed by atoms with van der Waals surface area (Å²) in [6, 6.07) is 0.599. The van der Waals surface area contributed by atoms with Gasteiger partial charge in [0.05, 0.1) is 5.69 Å². The van der Waals surface area contributed by atoms with Crippen LogP contribution in [-0.2, 0) is 16.0 Å². The second kappa shape index (κ2) is 4.16. The van der Waals surface area contributed by atoms with Crippen molar-refractivity contribution in [3.8, 4) is 5.75 Å². The van der Waals surface area contributed by atoms with Crippen molar-refractivity contribution < 1.29 is 28.6 Å². The molecule has 7 heteroatoms. The molecule has 1 heterocycles. The first kappa shape index (κ1) is 12.8. The fourth-order valence-corrected chi connectivity index (χ4v) is 2.55. The maximum atomic E-state index is 13.5. The van der Waals surface area contributed by atoms with E-state index in [9.17, 15) is 23.5 Å².